The highest BCUT2D eigenvalue weighted by molar-refractivity contribution is 6.50. The second-order valence-electron chi connectivity index (χ2n) is 3.79. The van der Waals surface area contributed by atoms with Crippen LogP contribution in [0.3, 0.4) is 0 Å². The van der Waals surface area contributed by atoms with E-state index in [0.717, 1.165) is 0 Å². The molecule has 0 heterocycles. The van der Waals surface area contributed by atoms with E-state index in [9.17, 15) is 0 Å². The topological polar surface area (TPSA) is 9.23 Å². The molecule has 2 aromatic rings. The van der Waals surface area contributed by atoms with Gasteiger partial charge in [0.15, 0.2) is 5.75 Å². The molecule has 0 amide bonds. The maximum Gasteiger partial charge on any atom is 0.157 e. The summed E-state index contributed by atoms with van der Waals surface area (Å²) < 4.78 is 5.09. The molecule has 0 bridgehead atoms. The highest BCUT2D eigenvalue weighted by atomic mass is 35.5. The van der Waals surface area contributed by atoms with Gasteiger partial charge in [-0.1, -0.05) is 75.7 Å². The lowest BCUT2D eigenvalue weighted by Gasteiger charge is -2.14. The molecule has 20 heavy (non-hydrogen) atoms. The molecule has 0 N–H and O–H groups in total. The largest absolute Gasteiger partial charge is 0.494 e. The van der Waals surface area contributed by atoms with Gasteiger partial charge in [0.05, 0.1) is 32.2 Å². The SMILES string of the molecule is COc1c(Cl)cc(-c2ccc(Cl)c(Cl)c2Cl)c(Cl)c1Cl. The van der Waals surface area contributed by atoms with Crippen molar-refractivity contribution in [2.75, 3.05) is 7.11 Å². The van der Waals surface area contributed by atoms with Crippen molar-refractivity contribution in [1.29, 1.82) is 0 Å². The zero-order valence-electron chi connectivity index (χ0n) is 9.91. The van der Waals surface area contributed by atoms with Crippen molar-refractivity contribution in [1.82, 2.24) is 0 Å². The Kier molecular flexibility index (Phi) is 5.23. The Labute approximate surface area is 146 Å². The minimum absolute atomic E-state index is 0.207. The van der Waals surface area contributed by atoms with Crippen LogP contribution >= 0.6 is 69.6 Å². The van der Waals surface area contributed by atoms with Crippen molar-refractivity contribution >= 4 is 69.6 Å². The van der Waals surface area contributed by atoms with Gasteiger partial charge in [0.25, 0.3) is 0 Å². The summed E-state index contributed by atoms with van der Waals surface area (Å²) >= 11 is 36.6. The lowest BCUT2D eigenvalue weighted by Crippen LogP contribution is -1.90. The molecular formula is C13H6Cl6O. The molecule has 0 saturated carbocycles. The van der Waals surface area contributed by atoms with Crippen LogP contribution in [0.5, 0.6) is 5.75 Å². The van der Waals surface area contributed by atoms with Crippen molar-refractivity contribution in [2.45, 2.75) is 0 Å². The van der Waals surface area contributed by atoms with Crippen LogP contribution in [-0.4, -0.2) is 7.11 Å². The normalized spacial score (nSPS) is 10.8. The van der Waals surface area contributed by atoms with E-state index in [1.807, 2.05) is 0 Å². The lowest BCUT2D eigenvalue weighted by atomic mass is 10.1. The summed E-state index contributed by atoms with van der Waals surface area (Å²) in [6, 6.07) is 4.92. The Morgan fingerprint density at radius 1 is 0.700 bits per heavy atom. The molecule has 106 valence electrons. The number of methoxy groups -OCH3 is 1. The van der Waals surface area contributed by atoms with E-state index in [0.29, 0.717) is 26.9 Å². The number of hydrogen-bond donors (Lipinski definition) is 0. The molecular weight excluding hydrogens is 385 g/mol. The predicted octanol–water partition coefficient (Wildman–Crippen LogP) is 7.28. The van der Waals surface area contributed by atoms with E-state index >= 15 is 0 Å². The van der Waals surface area contributed by atoms with E-state index in [-0.39, 0.29) is 20.1 Å². The van der Waals surface area contributed by atoms with Gasteiger partial charge in [-0.3, -0.25) is 0 Å². The van der Waals surface area contributed by atoms with E-state index in [2.05, 4.69) is 0 Å². The Morgan fingerprint density at radius 3 is 1.90 bits per heavy atom. The third kappa shape index (κ3) is 2.81. The molecule has 0 fully saturated rings. The maximum atomic E-state index is 6.24. The van der Waals surface area contributed by atoms with Gasteiger partial charge < -0.3 is 4.74 Å². The van der Waals surface area contributed by atoms with Crippen molar-refractivity contribution in [3.63, 3.8) is 0 Å². The molecule has 0 aliphatic carbocycles. The fourth-order valence-electron chi connectivity index (χ4n) is 1.70. The highest BCUT2D eigenvalue weighted by Crippen LogP contribution is 2.47. The maximum absolute atomic E-state index is 6.24. The lowest BCUT2D eigenvalue weighted by molar-refractivity contribution is 0.415. The number of ether oxygens (including phenoxy) is 1. The molecule has 1 nitrogen and oxygen atoms in total. The summed E-state index contributed by atoms with van der Waals surface area (Å²) in [7, 11) is 1.45. The van der Waals surface area contributed by atoms with Crippen LogP contribution in [0, 0.1) is 0 Å². The number of rotatable bonds is 2. The number of benzene rings is 2. The van der Waals surface area contributed by atoms with Crippen LogP contribution < -0.4 is 4.74 Å². The second-order valence-corrected chi connectivity index (χ2v) is 6.12. The van der Waals surface area contributed by atoms with Crippen LogP contribution in [0.2, 0.25) is 30.1 Å². The van der Waals surface area contributed by atoms with Gasteiger partial charge >= 0.3 is 0 Å². The average Bonchev–Trinajstić information content (AvgIpc) is 2.41. The standard InChI is InChI=1S/C13H6Cl6O/c1-20-13-8(15)4-6(10(17)12(13)19)5-2-3-7(14)11(18)9(5)16/h2-4H,1H3. The van der Waals surface area contributed by atoms with Crippen LogP contribution in [0.15, 0.2) is 18.2 Å². The fraction of sp³-hybridized carbons (Fsp3) is 0.0769. The minimum atomic E-state index is 0.207. The van der Waals surface area contributed by atoms with Gasteiger partial charge in [0, 0.05) is 11.1 Å². The van der Waals surface area contributed by atoms with E-state index in [4.69, 9.17) is 74.3 Å². The molecule has 0 radical (unpaired) electrons. The van der Waals surface area contributed by atoms with Gasteiger partial charge in [-0.2, -0.15) is 0 Å². The van der Waals surface area contributed by atoms with Gasteiger partial charge in [-0.05, 0) is 12.1 Å². The van der Waals surface area contributed by atoms with Crippen molar-refractivity contribution in [3.05, 3.63) is 48.3 Å². The summed E-state index contributed by atoms with van der Waals surface area (Å²) in [5, 5.41) is 1.66. The Balaban J connectivity index is 2.75. The molecule has 0 aliphatic heterocycles. The van der Waals surface area contributed by atoms with Crippen molar-refractivity contribution < 1.29 is 4.74 Å². The second kappa shape index (κ2) is 6.39. The first-order valence-electron chi connectivity index (χ1n) is 5.23. The zero-order valence-corrected chi connectivity index (χ0v) is 14.4. The molecule has 0 aliphatic rings. The van der Waals surface area contributed by atoms with E-state index < -0.39 is 0 Å². The molecule has 2 rings (SSSR count). The van der Waals surface area contributed by atoms with Crippen LogP contribution in [0.1, 0.15) is 0 Å². The van der Waals surface area contributed by atoms with Crippen LogP contribution in [0.4, 0.5) is 0 Å². The molecule has 0 aromatic heterocycles. The van der Waals surface area contributed by atoms with Crippen molar-refractivity contribution in [2.24, 2.45) is 0 Å². The van der Waals surface area contributed by atoms with E-state index in [1.165, 1.54) is 7.11 Å². The monoisotopic (exact) mass is 388 g/mol. The van der Waals surface area contributed by atoms with Gasteiger partial charge in [-0.25, -0.2) is 0 Å². The molecule has 2 aromatic carbocycles. The molecule has 0 spiro atoms. The quantitative estimate of drug-likeness (QED) is 0.386. The number of halogens is 6. The average molecular weight is 391 g/mol. The first-order chi connectivity index (χ1) is 9.38. The summed E-state index contributed by atoms with van der Waals surface area (Å²) in [6.45, 7) is 0. The highest BCUT2D eigenvalue weighted by Gasteiger charge is 2.19. The Morgan fingerprint density at radius 2 is 1.30 bits per heavy atom. The molecule has 0 saturated heterocycles. The van der Waals surface area contributed by atoms with Crippen LogP contribution in [-0.2, 0) is 0 Å². The first kappa shape index (κ1) is 16.4. The first-order valence-corrected chi connectivity index (χ1v) is 7.50. The smallest absolute Gasteiger partial charge is 0.157 e. The Hall–Kier alpha value is -0.0200. The fourth-order valence-corrected chi connectivity index (χ4v) is 3.18. The van der Waals surface area contributed by atoms with Gasteiger partial charge in [0.1, 0.15) is 5.02 Å². The van der Waals surface area contributed by atoms with Crippen LogP contribution in [0.25, 0.3) is 11.1 Å². The molecule has 0 atom stereocenters. The van der Waals surface area contributed by atoms with Gasteiger partial charge in [-0.15, -0.1) is 0 Å². The third-order valence-corrected chi connectivity index (χ3v) is 5.07. The number of hydrogen-bond acceptors (Lipinski definition) is 1. The summed E-state index contributed by atoms with van der Waals surface area (Å²) in [4.78, 5) is 0. The van der Waals surface area contributed by atoms with E-state index in [1.54, 1.807) is 18.2 Å². The summed E-state index contributed by atoms with van der Waals surface area (Å²) in [6.07, 6.45) is 0. The summed E-state index contributed by atoms with van der Waals surface area (Å²) in [5.74, 6) is 0.304. The molecule has 0 unspecified atom stereocenters. The third-order valence-electron chi connectivity index (χ3n) is 2.65. The molecule has 7 heteroatoms. The zero-order chi connectivity index (χ0) is 15.0. The minimum Gasteiger partial charge on any atom is -0.494 e. The van der Waals surface area contributed by atoms with Crippen molar-refractivity contribution in [3.8, 4) is 16.9 Å². The summed E-state index contributed by atoms with van der Waals surface area (Å²) in [5.41, 5.74) is 1.13. The predicted molar refractivity (Wildman–Crippen MR) is 88.5 cm³/mol. The Bertz CT molecular complexity index is 683. The van der Waals surface area contributed by atoms with Gasteiger partial charge in [0.2, 0.25) is 0 Å².